The van der Waals surface area contributed by atoms with Crippen molar-refractivity contribution < 1.29 is 19.1 Å². The molecular weight excluding hydrogens is 506 g/mol. The number of aryl methyl sites for hydroxylation is 1. The van der Waals surface area contributed by atoms with E-state index in [0.29, 0.717) is 28.3 Å². The molecule has 1 saturated carbocycles. The average molecular weight is 542 g/mol. The smallest absolute Gasteiger partial charge is 0.249 e. The Hall–Kier alpha value is -4.40. The number of carbonyl (C=O) groups excluding carboxylic acids is 2. The van der Waals surface area contributed by atoms with E-state index in [-0.39, 0.29) is 24.4 Å². The van der Waals surface area contributed by atoms with Gasteiger partial charge in [0.05, 0.1) is 19.7 Å². The topological polar surface area (TPSA) is 98.6 Å². The summed E-state index contributed by atoms with van der Waals surface area (Å²) < 4.78 is 12.9. The number of nitrogens with one attached hydrogen (secondary N) is 1. The van der Waals surface area contributed by atoms with E-state index in [1.807, 2.05) is 61.5 Å². The van der Waals surface area contributed by atoms with Crippen LogP contribution >= 0.6 is 0 Å². The molecule has 5 rings (SSSR count). The molecule has 1 aliphatic carbocycles. The molecule has 0 bridgehead atoms. The molecule has 9 nitrogen and oxygen atoms in total. The molecule has 0 spiro atoms. The molecule has 0 aliphatic heterocycles. The monoisotopic (exact) mass is 541 g/mol. The van der Waals surface area contributed by atoms with Crippen LogP contribution in [-0.2, 0) is 16.1 Å². The number of hydrogen-bond acceptors (Lipinski definition) is 6. The molecule has 4 aromatic rings. The maximum atomic E-state index is 14.3. The second-order valence-electron chi connectivity index (χ2n) is 10.2. The van der Waals surface area contributed by atoms with E-state index in [1.165, 1.54) is 13.5 Å². The average Bonchev–Trinajstić information content (AvgIpc) is 3.39. The Morgan fingerprint density at radius 1 is 0.975 bits per heavy atom. The number of fused-ring (bicyclic) bond motifs is 1. The Kier molecular flexibility index (Phi) is 8.28. The van der Waals surface area contributed by atoms with Gasteiger partial charge in [-0.2, -0.15) is 0 Å². The summed E-state index contributed by atoms with van der Waals surface area (Å²) in [5.41, 5.74) is 3.60. The number of ether oxygens (including phenoxy) is 2. The Morgan fingerprint density at radius 3 is 2.45 bits per heavy atom. The molecule has 1 heterocycles. The van der Waals surface area contributed by atoms with Crippen LogP contribution in [0.1, 0.15) is 49.3 Å². The zero-order chi connectivity index (χ0) is 28.1. The van der Waals surface area contributed by atoms with Crippen molar-refractivity contribution in [2.24, 2.45) is 0 Å². The second kappa shape index (κ2) is 12.2. The number of amides is 2. The molecule has 9 heteroatoms. The van der Waals surface area contributed by atoms with Crippen molar-refractivity contribution in [3.63, 3.8) is 0 Å². The van der Waals surface area contributed by atoms with E-state index in [9.17, 15) is 9.59 Å². The van der Waals surface area contributed by atoms with Crippen molar-refractivity contribution in [3.8, 4) is 11.5 Å². The van der Waals surface area contributed by atoms with E-state index in [0.717, 1.165) is 36.8 Å². The number of benzene rings is 3. The second-order valence-corrected chi connectivity index (χ2v) is 10.2. The molecule has 1 N–H and O–H groups in total. The van der Waals surface area contributed by atoms with Gasteiger partial charge in [0.25, 0.3) is 0 Å². The molecule has 2 amide bonds. The number of rotatable bonds is 9. The van der Waals surface area contributed by atoms with Crippen molar-refractivity contribution in [1.82, 2.24) is 20.3 Å². The van der Waals surface area contributed by atoms with Gasteiger partial charge in [-0.15, -0.1) is 5.10 Å². The zero-order valence-electron chi connectivity index (χ0n) is 23.2. The van der Waals surface area contributed by atoms with Gasteiger partial charge in [0.1, 0.15) is 18.1 Å². The number of nitrogens with zero attached hydrogens (tertiary/aromatic N) is 4. The lowest BCUT2D eigenvalue weighted by atomic mass is 9.94. The van der Waals surface area contributed by atoms with Crippen molar-refractivity contribution in [1.29, 1.82) is 0 Å². The molecular formula is C31H35N5O4. The summed E-state index contributed by atoms with van der Waals surface area (Å²) in [5, 5.41) is 11.7. The van der Waals surface area contributed by atoms with E-state index < -0.39 is 6.04 Å². The third-order valence-corrected chi connectivity index (χ3v) is 7.47. The van der Waals surface area contributed by atoms with Gasteiger partial charge >= 0.3 is 0 Å². The lowest BCUT2D eigenvalue weighted by Crippen LogP contribution is -2.48. The molecule has 0 saturated heterocycles. The minimum atomic E-state index is -1.02. The summed E-state index contributed by atoms with van der Waals surface area (Å²) >= 11 is 0. The van der Waals surface area contributed by atoms with Gasteiger partial charge < -0.3 is 14.8 Å². The number of methoxy groups -OCH3 is 2. The fourth-order valence-electron chi connectivity index (χ4n) is 5.43. The van der Waals surface area contributed by atoms with Crippen molar-refractivity contribution in [3.05, 3.63) is 77.9 Å². The van der Waals surface area contributed by atoms with Gasteiger partial charge in [-0.25, -0.2) is 4.68 Å². The minimum Gasteiger partial charge on any atom is -0.493 e. The van der Waals surface area contributed by atoms with Crippen LogP contribution in [0.2, 0.25) is 0 Å². The maximum absolute atomic E-state index is 14.3. The molecule has 1 aliphatic rings. The van der Waals surface area contributed by atoms with Crippen LogP contribution in [0.4, 0.5) is 5.69 Å². The predicted octanol–water partition coefficient (Wildman–Crippen LogP) is 4.98. The summed E-state index contributed by atoms with van der Waals surface area (Å²) in [6.07, 6.45) is 5.13. The van der Waals surface area contributed by atoms with Gasteiger partial charge in [0, 0.05) is 17.3 Å². The van der Waals surface area contributed by atoms with E-state index in [4.69, 9.17) is 9.47 Å². The van der Waals surface area contributed by atoms with E-state index in [1.54, 1.807) is 28.8 Å². The number of carbonyl (C=O) groups is 2. The Morgan fingerprint density at radius 2 is 1.73 bits per heavy atom. The van der Waals surface area contributed by atoms with Crippen LogP contribution in [-0.4, -0.2) is 47.1 Å². The predicted molar refractivity (Wildman–Crippen MR) is 153 cm³/mol. The third kappa shape index (κ3) is 5.64. The first-order valence-corrected chi connectivity index (χ1v) is 13.7. The SMILES string of the molecule is COc1cccc([C@H](C(=O)NC2CCCCC2)N(C(=O)Cn2nnc3ccccc32)c2ccc(C)cc2)c1OC. The summed E-state index contributed by atoms with van der Waals surface area (Å²) in [6.45, 7) is 1.88. The van der Waals surface area contributed by atoms with Crippen LogP contribution in [0.3, 0.4) is 0 Å². The van der Waals surface area contributed by atoms with Gasteiger partial charge in [0.2, 0.25) is 11.8 Å². The van der Waals surface area contributed by atoms with Crippen molar-refractivity contribution in [2.45, 2.75) is 57.7 Å². The fourth-order valence-corrected chi connectivity index (χ4v) is 5.43. The fraction of sp³-hybridized carbons (Fsp3) is 0.355. The zero-order valence-corrected chi connectivity index (χ0v) is 23.2. The van der Waals surface area contributed by atoms with Gasteiger partial charge in [0.15, 0.2) is 11.5 Å². The number of para-hydroxylation sites is 2. The normalized spacial score (nSPS) is 14.5. The van der Waals surface area contributed by atoms with Crippen molar-refractivity contribution in [2.75, 3.05) is 19.1 Å². The lowest BCUT2D eigenvalue weighted by molar-refractivity contribution is -0.127. The standard InChI is InChI=1S/C31H35N5O4/c1-21-16-18-23(19-17-21)36(28(37)20-35-26-14-8-7-13-25(26)33-34-35)29(31(38)32-22-10-5-4-6-11-22)24-12-9-15-27(39-2)30(24)40-3/h7-9,12-19,22,29H,4-6,10-11,20H2,1-3H3,(H,32,38)/t29-/m1/s1. The number of hydrogen-bond donors (Lipinski definition) is 1. The summed E-state index contributed by atoms with van der Waals surface area (Å²) in [7, 11) is 3.09. The van der Waals surface area contributed by atoms with Crippen LogP contribution in [0.25, 0.3) is 11.0 Å². The van der Waals surface area contributed by atoms with Gasteiger partial charge in [-0.3, -0.25) is 14.5 Å². The first-order chi connectivity index (χ1) is 19.5. The van der Waals surface area contributed by atoms with Gasteiger partial charge in [-0.1, -0.05) is 66.4 Å². The van der Waals surface area contributed by atoms with Crippen LogP contribution in [0, 0.1) is 6.92 Å². The summed E-state index contributed by atoms with van der Waals surface area (Å²) in [5.74, 6) is 0.308. The highest BCUT2D eigenvalue weighted by Crippen LogP contribution is 2.39. The quantitative estimate of drug-likeness (QED) is 0.321. The lowest BCUT2D eigenvalue weighted by Gasteiger charge is -2.34. The molecule has 0 unspecified atom stereocenters. The highest BCUT2D eigenvalue weighted by atomic mass is 16.5. The maximum Gasteiger partial charge on any atom is 0.249 e. The van der Waals surface area contributed by atoms with E-state index in [2.05, 4.69) is 15.6 Å². The Balaban J connectivity index is 1.62. The largest absolute Gasteiger partial charge is 0.493 e. The highest BCUT2D eigenvalue weighted by molar-refractivity contribution is 6.02. The Labute approximate surface area is 234 Å². The molecule has 1 aromatic heterocycles. The van der Waals surface area contributed by atoms with Gasteiger partial charge in [-0.05, 0) is 50.1 Å². The number of aromatic nitrogens is 3. The van der Waals surface area contributed by atoms with Crippen LogP contribution in [0.15, 0.2) is 66.7 Å². The number of anilines is 1. The third-order valence-electron chi connectivity index (χ3n) is 7.47. The first kappa shape index (κ1) is 27.2. The van der Waals surface area contributed by atoms with Crippen LogP contribution in [0.5, 0.6) is 11.5 Å². The van der Waals surface area contributed by atoms with Crippen molar-refractivity contribution >= 4 is 28.5 Å². The molecule has 40 heavy (non-hydrogen) atoms. The summed E-state index contributed by atoms with van der Waals surface area (Å²) in [6, 6.07) is 19.5. The molecule has 1 atom stereocenters. The molecule has 208 valence electrons. The Bertz CT molecular complexity index is 1480. The highest BCUT2D eigenvalue weighted by Gasteiger charge is 2.37. The summed E-state index contributed by atoms with van der Waals surface area (Å²) in [4.78, 5) is 30.1. The minimum absolute atomic E-state index is 0.0505. The molecule has 0 radical (unpaired) electrons. The molecule has 1 fully saturated rings. The van der Waals surface area contributed by atoms with Crippen LogP contribution < -0.4 is 19.7 Å². The van der Waals surface area contributed by atoms with E-state index >= 15 is 0 Å². The molecule has 3 aromatic carbocycles. The first-order valence-electron chi connectivity index (χ1n) is 13.7.